The molecule has 1 aliphatic heterocycles. The lowest BCUT2D eigenvalue weighted by Gasteiger charge is -2.27. The van der Waals surface area contributed by atoms with E-state index in [1.165, 1.54) is 6.20 Å². The van der Waals surface area contributed by atoms with Crippen LogP contribution in [0.4, 0.5) is 14.9 Å². The maximum atomic E-state index is 15.1. The van der Waals surface area contributed by atoms with Crippen molar-refractivity contribution in [3.8, 4) is 5.75 Å². The van der Waals surface area contributed by atoms with Crippen molar-refractivity contribution in [2.24, 2.45) is 5.41 Å². The monoisotopic (exact) mass is 423 g/mol. The van der Waals surface area contributed by atoms with Gasteiger partial charge in [0.2, 0.25) is 5.43 Å². The Morgan fingerprint density at radius 3 is 2.83 bits per heavy atom. The molecule has 1 atom stereocenters. The number of benzene rings is 1. The first-order valence-electron chi connectivity index (χ1n) is 9.61. The van der Waals surface area contributed by atoms with E-state index in [4.69, 9.17) is 16.7 Å². The highest BCUT2D eigenvalue weighted by molar-refractivity contribution is 6.38. The minimum atomic E-state index is -1.59. The largest absolute Gasteiger partial charge is 0.511 e. The molecule has 0 amide bonds. The van der Waals surface area contributed by atoms with Crippen molar-refractivity contribution >= 4 is 34.3 Å². The van der Waals surface area contributed by atoms with E-state index in [0.29, 0.717) is 24.3 Å². The number of nitrogens with zero attached hydrogens (tertiary/aromatic N) is 2. The Bertz CT molecular complexity index is 1050. The molecule has 2 N–H and O–H groups in total. The molecular formula is C20H23ClFN3O4. The van der Waals surface area contributed by atoms with Crippen LogP contribution in [0, 0.1) is 11.2 Å². The van der Waals surface area contributed by atoms with Gasteiger partial charge in [-0.15, -0.1) is 0 Å². The van der Waals surface area contributed by atoms with Crippen molar-refractivity contribution in [1.82, 2.24) is 9.88 Å². The van der Waals surface area contributed by atoms with Gasteiger partial charge in [-0.05, 0) is 37.8 Å². The number of ether oxygens (including phenoxy) is 1. The normalized spacial score (nSPS) is 21.7. The quantitative estimate of drug-likeness (QED) is 0.714. The van der Waals surface area contributed by atoms with Crippen LogP contribution in [-0.4, -0.2) is 42.5 Å². The van der Waals surface area contributed by atoms with Crippen LogP contribution in [-0.2, 0) is 0 Å². The van der Waals surface area contributed by atoms with E-state index in [1.807, 2.05) is 11.9 Å². The molecule has 0 spiro atoms. The number of hydrogen-bond acceptors (Lipinski definition) is 5. The van der Waals surface area contributed by atoms with Gasteiger partial charge in [-0.2, -0.15) is 0 Å². The van der Waals surface area contributed by atoms with Crippen molar-refractivity contribution in [3.05, 3.63) is 33.3 Å². The molecule has 9 heteroatoms. The summed E-state index contributed by atoms with van der Waals surface area (Å²) >= 11 is 6.69. The topological polar surface area (TPSA) is 83.8 Å². The molecule has 2 aromatic rings. The summed E-state index contributed by atoms with van der Waals surface area (Å²) in [6, 6.07) is 1.23. The number of anilines is 1. The van der Waals surface area contributed by atoms with Gasteiger partial charge in [-0.25, -0.2) is 9.18 Å². The van der Waals surface area contributed by atoms with Crippen LogP contribution >= 0.6 is 11.6 Å². The molecule has 1 unspecified atom stereocenters. The molecule has 7 nitrogen and oxygen atoms in total. The van der Waals surface area contributed by atoms with Crippen molar-refractivity contribution in [2.75, 3.05) is 31.6 Å². The van der Waals surface area contributed by atoms with E-state index >= 15 is 4.39 Å². The number of aromatic nitrogens is 1. The minimum Gasteiger partial charge on any atom is -0.449 e. The smallest absolute Gasteiger partial charge is 0.449 e. The van der Waals surface area contributed by atoms with Crippen LogP contribution in [0.2, 0.25) is 5.02 Å². The van der Waals surface area contributed by atoms with Crippen molar-refractivity contribution < 1.29 is 19.0 Å². The highest BCUT2D eigenvalue weighted by atomic mass is 35.5. The third-order valence-electron chi connectivity index (χ3n) is 5.77. The predicted octanol–water partition coefficient (Wildman–Crippen LogP) is 3.62. The first-order chi connectivity index (χ1) is 13.7. The molecule has 4 rings (SSSR count). The highest BCUT2D eigenvalue weighted by Crippen LogP contribution is 2.44. The molecule has 1 saturated carbocycles. The summed E-state index contributed by atoms with van der Waals surface area (Å²) in [5.41, 5.74) is 0.0257. The Hall–Kier alpha value is -2.32. The van der Waals surface area contributed by atoms with Crippen molar-refractivity contribution in [2.45, 2.75) is 32.2 Å². The zero-order chi connectivity index (χ0) is 20.9. The minimum absolute atomic E-state index is 0.00514. The summed E-state index contributed by atoms with van der Waals surface area (Å²) in [7, 11) is 1.89. The number of rotatable bonds is 5. The molecule has 0 bridgehead atoms. The summed E-state index contributed by atoms with van der Waals surface area (Å²) in [6.45, 7) is 4.25. The summed E-state index contributed by atoms with van der Waals surface area (Å²) in [6.07, 6.45) is 2.42. The summed E-state index contributed by atoms with van der Waals surface area (Å²) in [5.74, 6) is -0.939. The summed E-state index contributed by atoms with van der Waals surface area (Å²) < 4.78 is 21.5. The number of nitrogens with one attached hydrogen (secondary N) is 1. The molecule has 1 aromatic carbocycles. The molecule has 156 valence electrons. The Labute approximate surface area is 172 Å². The van der Waals surface area contributed by atoms with Crippen LogP contribution in [0.3, 0.4) is 0 Å². The number of fused-ring (bicyclic) bond motifs is 1. The zero-order valence-corrected chi connectivity index (χ0v) is 17.1. The fourth-order valence-electron chi connectivity index (χ4n) is 4.29. The fourth-order valence-corrected chi connectivity index (χ4v) is 4.70. The average molecular weight is 424 g/mol. The molecule has 2 aliphatic rings. The highest BCUT2D eigenvalue weighted by Gasteiger charge is 2.36. The van der Waals surface area contributed by atoms with Crippen LogP contribution in [0.1, 0.15) is 32.2 Å². The third kappa shape index (κ3) is 3.55. The van der Waals surface area contributed by atoms with E-state index in [9.17, 15) is 9.59 Å². The molecule has 29 heavy (non-hydrogen) atoms. The molecule has 1 aromatic heterocycles. The van der Waals surface area contributed by atoms with E-state index in [0.717, 1.165) is 31.9 Å². The van der Waals surface area contributed by atoms with E-state index in [1.54, 1.807) is 4.57 Å². The van der Waals surface area contributed by atoms with Crippen LogP contribution < -0.4 is 20.4 Å². The lowest BCUT2D eigenvalue weighted by atomic mass is 9.90. The Morgan fingerprint density at radius 2 is 2.21 bits per heavy atom. The molecule has 1 aliphatic carbocycles. The number of carboxylic acid groups (broad SMARTS) is 1. The van der Waals surface area contributed by atoms with Crippen molar-refractivity contribution in [1.29, 1.82) is 0 Å². The second kappa shape index (κ2) is 7.18. The molecule has 2 fully saturated rings. The van der Waals surface area contributed by atoms with Crippen LogP contribution in [0.15, 0.2) is 17.1 Å². The summed E-state index contributed by atoms with van der Waals surface area (Å²) in [5, 5.41) is 12.3. The van der Waals surface area contributed by atoms with Gasteiger partial charge in [0.25, 0.3) is 0 Å². The van der Waals surface area contributed by atoms with Crippen LogP contribution in [0.25, 0.3) is 10.9 Å². The molecular weight excluding hydrogens is 401 g/mol. The summed E-state index contributed by atoms with van der Waals surface area (Å²) in [4.78, 5) is 25.6. The SMILES string of the molecule is CNCC1(C)CCN(c2c(F)cc3c(=O)c(OC(=O)O)cn(C4CC4)c3c2Cl)C1. The van der Waals surface area contributed by atoms with Crippen LogP contribution in [0.5, 0.6) is 5.75 Å². The number of carbonyl (C=O) groups is 1. The van der Waals surface area contributed by atoms with Gasteiger partial charge < -0.3 is 24.6 Å². The number of hydrogen-bond donors (Lipinski definition) is 2. The number of halogens is 2. The average Bonchev–Trinajstić information content (AvgIpc) is 3.41. The Kier molecular flexibility index (Phi) is 4.94. The maximum absolute atomic E-state index is 15.1. The maximum Gasteiger partial charge on any atom is 0.511 e. The second-order valence-corrected chi connectivity index (χ2v) is 8.64. The fraction of sp³-hybridized carbons (Fsp3) is 0.500. The van der Waals surface area contributed by atoms with Gasteiger partial charge in [0.1, 0.15) is 5.82 Å². The standard InChI is InChI=1S/C20H23ClFN3O4/c1-20(9-23-2)5-6-24(10-20)17-13(22)7-12-16(15(17)21)25(11-3-4-11)8-14(18(12)26)29-19(27)28/h7-8,11,23H,3-6,9-10H2,1-2H3,(H,27,28). The lowest BCUT2D eigenvalue weighted by molar-refractivity contribution is 0.143. The van der Waals surface area contributed by atoms with Crippen molar-refractivity contribution in [3.63, 3.8) is 0 Å². The number of pyridine rings is 1. The second-order valence-electron chi connectivity index (χ2n) is 8.26. The Morgan fingerprint density at radius 1 is 1.48 bits per heavy atom. The molecule has 0 radical (unpaired) electrons. The predicted molar refractivity (Wildman–Crippen MR) is 109 cm³/mol. The van der Waals surface area contributed by atoms with Gasteiger partial charge in [-0.3, -0.25) is 4.79 Å². The van der Waals surface area contributed by atoms with Gasteiger partial charge >= 0.3 is 6.16 Å². The van der Waals surface area contributed by atoms with E-state index < -0.39 is 17.4 Å². The molecule has 1 saturated heterocycles. The first-order valence-corrected chi connectivity index (χ1v) is 9.99. The Balaban J connectivity index is 1.88. The van der Waals surface area contributed by atoms with Gasteiger partial charge in [0, 0.05) is 25.7 Å². The first kappa shape index (κ1) is 20.0. The zero-order valence-electron chi connectivity index (χ0n) is 16.3. The van der Waals surface area contributed by atoms with E-state index in [-0.39, 0.29) is 27.6 Å². The lowest BCUT2D eigenvalue weighted by Crippen LogP contribution is -2.33. The molecule has 2 heterocycles. The van der Waals surface area contributed by atoms with Gasteiger partial charge in [0.05, 0.1) is 27.8 Å². The van der Waals surface area contributed by atoms with Gasteiger partial charge in [0.15, 0.2) is 5.75 Å². The van der Waals surface area contributed by atoms with E-state index in [2.05, 4.69) is 17.0 Å². The third-order valence-corrected chi connectivity index (χ3v) is 6.12. The van der Waals surface area contributed by atoms with Gasteiger partial charge in [-0.1, -0.05) is 18.5 Å².